The van der Waals surface area contributed by atoms with Gasteiger partial charge in [0.15, 0.2) is 0 Å². The smallest absolute Gasteiger partial charge is 0.225 e. The van der Waals surface area contributed by atoms with Crippen LogP contribution < -0.4 is 15.1 Å². The summed E-state index contributed by atoms with van der Waals surface area (Å²) in [6.45, 7) is 14.9. The lowest BCUT2D eigenvalue weighted by atomic mass is 9.78. The van der Waals surface area contributed by atoms with Crippen LogP contribution in [0.4, 0.5) is 11.6 Å². The second-order valence-electron chi connectivity index (χ2n) is 10.7. The quantitative estimate of drug-likeness (QED) is 0.609. The number of hydrogen-bond donors (Lipinski definition) is 1. The summed E-state index contributed by atoms with van der Waals surface area (Å²) in [6, 6.07) is 18.9. The van der Waals surface area contributed by atoms with E-state index in [1.807, 2.05) is 0 Å². The molecule has 3 heterocycles. The molecule has 5 rings (SSSR count). The summed E-state index contributed by atoms with van der Waals surface area (Å²) in [5, 5.41) is 3.59. The lowest BCUT2D eigenvalue weighted by molar-refractivity contribution is 0.403. The van der Waals surface area contributed by atoms with E-state index >= 15 is 0 Å². The van der Waals surface area contributed by atoms with E-state index in [2.05, 4.69) is 104 Å². The number of aryl methyl sites for hydroxylation is 1. The van der Waals surface area contributed by atoms with Crippen molar-refractivity contribution in [3.8, 4) is 0 Å². The molecule has 0 bridgehead atoms. The van der Waals surface area contributed by atoms with E-state index in [9.17, 15) is 0 Å². The van der Waals surface area contributed by atoms with E-state index in [-0.39, 0.29) is 5.41 Å². The maximum Gasteiger partial charge on any atom is 0.225 e. The molecule has 1 saturated heterocycles. The van der Waals surface area contributed by atoms with Gasteiger partial charge < -0.3 is 15.1 Å². The minimum atomic E-state index is -0.0274. The summed E-state index contributed by atoms with van der Waals surface area (Å²) in [5.74, 6) is 0.871. The topological polar surface area (TPSA) is 44.3 Å². The number of nitrogens with one attached hydrogen (secondary N) is 1. The Hall–Kier alpha value is -2.92. The fourth-order valence-corrected chi connectivity index (χ4v) is 5.38. The molecule has 0 radical (unpaired) electrons. The first kappa shape index (κ1) is 22.9. The summed E-state index contributed by atoms with van der Waals surface area (Å²) in [5.41, 5.74) is 7.67. The molecule has 2 aliphatic heterocycles. The first-order chi connectivity index (χ1) is 16.3. The molecule has 2 aliphatic rings. The lowest BCUT2D eigenvalue weighted by Crippen LogP contribution is -2.54. The number of hydrogen-bond acceptors (Lipinski definition) is 5. The zero-order valence-electron chi connectivity index (χ0n) is 21.2. The second kappa shape index (κ2) is 9.03. The van der Waals surface area contributed by atoms with E-state index in [1.54, 1.807) is 0 Å². The fourth-order valence-electron chi connectivity index (χ4n) is 5.38. The molecule has 0 spiro atoms. The minimum Gasteiger partial charge on any atom is -0.365 e. The third-order valence-corrected chi connectivity index (χ3v) is 7.50. The van der Waals surface area contributed by atoms with Gasteiger partial charge >= 0.3 is 0 Å². The highest BCUT2D eigenvalue weighted by Gasteiger charge is 2.26. The average Bonchev–Trinajstić information content (AvgIpc) is 2.83. The molecule has 2 unspecified atom stereocenters. The molecule has 2 atom stereocenters. The van der Waals surface area contributed by atoms with E-state index in [1.165, 1.54) is 33.6 Å². The molecule has 5 nitrogen and oxygen atoms in total. The predicted octanol–water partition coefficient (Wildman–Crippen LogP) is 4.86. The largest absolute Gasteiger partial charge is 0.365 e. The van der Waals surface area contributed by atoms with Crippen LogP contribution in [-0.2, 0) is 18.4 Å². The number of benzene rings is 2. The Balaban J connectivity index is 1.33. The molecular formula is C29H37N5. The summed E-state index contributed by atoms with van der Waals surface area (Å²) in [7, 11) is 0. The molecule has 2 aromatic carbocycles. The second-order valence-corrected chi connectivity index (χ2v) is 10.7. The zero-order valence-corrected chi connectivity index (χ0v) is 21.2. The van der Waals surface area contributed by atoms with Crippen LogP contribution in [0.3, 0.4) is 0 Å². The molecule has 0 aliphatic carbocycles. The van der Waals surface area contributed by atoms with Gasteiger partial charge in [0.2, 0.25) is 5.95 Å². The van der Waals surface area contributed by atoms with Crippen LogP contribution in [0.1, 0.15) is 55.6 Å². The van der Waals surface area contributed by atoms with Crippen LogP contribution in [0.25, 0.3) is 0 Å². The summed E-state index contributed by atoms with van der Waals surface area (Å²) < 4.78 is 0. The first-order valence-corrected chi connectivity index (χ1v) is 12.6. The van der Waals surface area contributed by atoms with Crippen LogP contribution in [0.2, 0.25) is 0 Å². The van der Waals surface area contributed by atoms with E-state index in [0.29, 0.717) is 12.1 Å². The Kier molecular flexibility index (Phi) is 6.07. The van der Waals surface area contributed by atoms with Crippen molar-refractivity contribution in [2.24, 2.45) is 0 Å². The Morgan fingerprint density at radius 3 is 2.15 bits per heavy atom. The van der Waals surface area contributed by atoms with Crippen molar-refractivity contribution in [1.82, 2.24) is 15.3 Å². The van der Waals surface area contributed by atoms with Gasteiger partial charge in [-0.3, -0.25) is 0 Å². The molecule has 1 aromatic heterocycles. The highest BCUT2D eigenvalue weighted by atomic mass is 15.3. The zero-order chi connectivity index (χ0) is 23.9. The van der Waals surface area contributed by atoms with Gasteiger partial charge in [-0.2, -0.15) is 0 Å². The molecule has 5 heteroatoms. The standard InChI is InChI=1S/C29H37N5/c1-20-6-8-24(9-7-20)29(4,5)25-10-12-26(13-11-25)33-15-14-23-16-30-28(32-27(23)19-33)34-17-21(2)31-22(3)18-34/h6-13,16,21-22,31H,14-15,17-19H2,1-5H3. The first-order valence-electron chi connectivity index (χ1n) is 12.6. The van der Waals surface area contributed by atoms with Gasteiger partial charge in [-0.25, -0.2) is 9.97 Å². The van der Waals surface area contributed by atoms with Gasteiger partial charge in [-0.05, 0) is 56.0 Å². The Labute approximate surface area is 204 Å². The van der Waals surface area contributed by atoms with Crippen molar-refractivity contribution in [1.29, 1.82) is 0 Å². The maximum atomic E-state index is 5.03. The number of aromatic nitrogens is 2. The summed E-state index contributed by atoms with van der Waals surface area (Å²) >= 11 is 0. The Morgan fingerprint density at radius 1 is 0.882 bits per heavy atom. The van der Waals surface area contributed by atoms with Gasteiger partial charge in [0.05, 0.1) is 12.2 Å². The molecule has 0 amide bonds. The Morgan fingerprint density at radius 2 is 1.50 bits per heavy atom. The van der Waals surface area contributed by atoms with E-state index in [4.69, 9.17) is 9.97 Å². The maximum absolute atomic E-state index is 5.03. The predicted molar refractivity (Wildman–Crippen MR) is 141 cm³/mol. The van der Waals surface area contributed by atoms with E-state index < -0.39 is 0 Å². The molecule has 0 saturated carbocycles. The van der Waals surface area contributed by atoms with Gasteiger partial charge in [0.1, 0.15) is 0 Å². The third-order valence-electron chi connectivity index (χ3n) is 7.50. The minimum absolute atomic E-state index is 0.0274. The molecule has 178 valence electrons. The molecular weight excluding hydrogens is 418 g/mol. The van der Waals surface area contributed by atoms with Gasteiger partial charge in [0, 0.05) is 49.0 Å². The number of anilines is 2. The lowest BCUT2D eigenvalue weighted by Gasteiger charge is -2.37. The number of rotatable bonds is 4. The monoisotopic (exact) mass is 455 g/mol. The van der Waals surface area contributed by atoms with Crippen molar-refractivity contribution in [3.63, 3.8) is 0 Å². The van der Waals surface area contributed by atoms with Crippen molar-refractivity contribution in [3.05, 3.63) is 82.7 Å². The Bertz CT molecular complexity index is 1130. The third kappa shape index (κ3) is 4.54. The number of piperazine rings is 1. The van der Waals surface area contributed by atoms with Gasteiger partial charge in [-0.1, -0.05) is 55.8 Å². The van der Waals surface area contributed by atoms with E-state index in [0.717, 1.165) is 38.5 Å². The number of nitrogens with zero attached hydrogens (tertiary/aromatic N) is 4. The molecule has 3 aromatic rings. The normalized spacial score (nSPS) is 20.9. The average molecular weight is 456 g/mol. The van der Waals surface area contributed by atoms with Crippen molar-refractivity contribution in [2.45, 2.75) is 65.1 Å². The SMILES string of the molecule is Cc1ccc(C(C)(C)c2ccc(N3CCc4cnc(N5CC(C)NC(C)C5)nc4C3)cc2)cc1. The van der Waals surface area contributed by atoms with Gasteiger partial charge in [0.25, 0.3) is 0 Å². The highest BCUT2D eigenvalue weighted by molar-refractivity contribution is 5.52. The van der Waals surface area contributed by atoms with Crippen LogP contribution in [0.5, 0.6) is 0 Å². The van der Waals surface area contributed by atoms with Crippen molar-refractivity contribution in [2.75, 3.05) is 29.4 Å². The van der Waals surface area contributed by atoms with Crippen LogP contribution in [0.15, 0.2) is 54.7 Å². The van der Waals surface area contributed by atoms with Crippen LogP contribution in [0, 0.1) is 6.92 Å². The molecule has 1 N–H and O–H groups in total. The van der Waals surface area contributed by atoms with Crippen molar-refractivity contribution >= 4 is 11.6 Å². The van der Waals surface area contributed by atoms with Crippen molar-refractivity contribution < 1.29 is 0 Å². The van der Waals surface area contributed by atoms with Crippen LogP contribution in [-0.4, -0.2) is 41.7 Å². The van der Waals surface area contributed by atoms with Gasteiger partial charge in [-0.15, -0.1) is 0 Å². The van der Waals surface area contributed by atoms with Crippen LogP contribution >= 0.6 is 0 Å². The molecule has 1 fully saturated rings. The highest BCUT2D eigenvalue weighted by Crippen LogP contribution is 2.33. The fraction of sp³-hybridized carbons (Fsp3) is 0.448. The summed E-state index contributed by atoms with van der Waals surface area (Å²) in [6.07, 6.45) is 3.04. The summed E-state index contributed by atoms with van der Waals surface area (Å²) in [4.78, 5) is 14.5. The molecule has 34 heavy (non-hydrogen) atoms. The number of fused-ring (bicyclic) bond motifs is 1.